The first-order valence-corrected chi connectivity index (χ1v) is 7.47. The molecule has 22 heavy (non-hydrogen) atoms. The van der Waals surface area contributed by atoms with E-state index in [9.17, 15) is 4.79 Å². The largest absolute Gasteiger partial charge is 0.465 e. The van der Waals surface area contributed by atoms with Crippen molar-refractivity contribution in [3.63, 3.8) is 0 Å². The minimum absolute atomic E-state index is 0.0363. The van der Waals surface area contributed by atoms with E-state index in [1.807, 2.05) is 67.6 Å². The molecule has 0 heterocycles. The van der Waals surface area contributed by atoms with E-state index >= 15 is 0 Å². The quantitative estimate of drug-likeness (QED) is 0.793. The van der Waals surface area contributed by atoms with E-state index in [2.05, 4.69) is 17.5 Å². The van der Waals surface area contributed by atoms with Crippen LogP contribution in [0.3, 0.4) is 0 Å². The molecule has 0 amide bonds. The maximum atomic E-state index is 11.5. The molecule has 2 aromatic rings. The van der Waals surface area contributed by atoms with Crippen LogP contribution in [0, 0.1) is 0 Å². The maximum Gasteiger partial charge on any atom is 0.319 e. The predicted octanol–water partition coefficient (Wildman–Crippen LogP) is 3.59. The van der Waals surface area contributed by atoms with Crippen molar-refractivity contribution in [2.45, 2.75) is 13.0 Å². The lowest BCUT2D eigenvalue weighted by Crippen LogP contribution is -2.27. The zero-order valence-corrected chi connectivity index (χ0v) is 12.7. The second kappa shape index (κ2) is 8.80. The molecular formula is C19H21NO2. The molecule has 0 aliphatic carbocycles. The number of benzene rings is 2. The summed E-state index contributed by atoms with van der Waals surface area (Å²) < 4.78 is 4.97. The van der Waals surface area contributed by atoms with Gasteiger partial charge in [0.15, 0.2) is 0 Å². The van der Waals surface area contributed by atoms with Gasteiger partial charge >= 0.3 is 5.97 Å². The molecule has 0 spiro atoms. The molecule has 0 saturated heterocycles. The van der Waals surface area contributed by atoms with Crippen molar-refractivity contribution >= 4 is 12.0 Å². The van der Waals surface area contributed by atoms with Gasteiger partial charge in [-0.05, 0) is 18.1 Å². The fourth-order valence-electron chi connectivity index (χ4n) is 2.13. The monoisotopic (exact) mass is 295 g/mol. The van der Waals surface area contributed by atoms with Crippen LogP contribution in [0.2, 0.25) is 0 Å². The van der Waals surface area contributed by atoms with Crippen LogP contribution in [0.25, 0.3) is 6.08 Å². The summed E-state index contributed by atoms with van der Waals surface area (Å²) in [6, 6.07) is 20.1. The first kappa shape index (κ1) is 16.0. The highest BCUT2D eigenvalue weighted by molar-refractivity contribution is 5.71. The van der Waals surface area contributed by atoms with Gasteiger partial charge < -0.3 is 4.74 Å². The van der Waals surface area contributed by atoms with Gasteiger partial charge in [0.25, 0.3) is 0 Å². The molecule has 0 aromatic heterocycles. The summed E-state index contributed by atoms with van der Waals surface area (Å²) >= 11 is 0. The van der Waals surface area contributed by atoms with Crippen LogP contribution < -0.4 is 5.32 Å². The van der Waals surface area contributed by atoms with Crippen LogP contribution in [-0.2, 0) is 9.53 Å². The normalized spacial score (nSPS) is 12.2. The first-order valence-electron chi connectivity index (χ1n) is 7.47. The zero-order valence-electron chi connectivity index (χ0n) is 12.7. The average Bonchev–Trinajstić information content (AvgIpc) is 2.57. The number of carbonyl (C=O) groups is 1. The predicted molar refractivity (Wildman–Crippen MR) is 89.3 cm³/mol. The van der Waals surface area contributed by atoms with Gasteiger partial charge in [-0.15, -0.1) is 0 Å². The molecule has 0 radical (unpaired) electrons. The fourth-order valence-corrected chi connectivity index (χ4v) is 2.13. The van der Waals surface area contributed by atoms with Crippen LogP contribution in [0.4, 0.5) is 0 Å². The van der Waals surface area contributed by atoms with Crippen molar-refractivity contribution < 1.29 is 9.53 Å². The highest BCUT2D eigenvalue weighted by Gasteiger charge is 2.09. The summed E-state index contributed by atoms with van der Waals surface area (Å²) in [5.41, 5.74) is 2.24. The molecule has 0 saturated carbocycles. The number of ether oxygens (including phenoxy) is 1. The van der Waals surface area contributed by atoms with Crippen LogP contribution in [0.5, 0.6) is 0 Å². The first-order chi connectivity index (χ1) is 10.8. The lowest BCUT2D eigenvalue weighted by atomic mass is 10.1. The van der Waals surface area contributed by atoms with Crippen molar-refractivity contribution in [3.05, 3.63) is 77.9 Å². The summed E-state index contributed by atoms with van der Waals surface area (Å²) in [4.78, 5) is 11.5. The van der Waals surface area contributed by atoms with E-state index in [0.717, 1.165) is 11.1 Å². The smallest absolute Gasteiger partial charge is 0.319 e. The molecule has 0 fully saturated rings. The van der Waals surface area contributed by atoms with Gasteiger partial charge in [0.2, 0.25) is 0 Å². The average molecular weight is 295 g/mol. The van der Waals surface area contributed by atoms with Crippen molar-refractivity contribution in [2.75, 3.05) is 13.2 Å². The summed E-state index contributed by atoms with van der Waals surface area (Å²) in [6.45, 7) is 2.39. The summed E-state index contributed by atoms with van der Waals surface area (Å²) in [7, 11) is 0. The fraction of sp³-hybridized carbons (Fsp3) is 0.211. The van der Waals surface area contributed by atoms with Crippen LogP contribution in [0.15, 0.2) is 66.7 Å². The minimum atomic E-state index is -0.239. The van der Waals surface area contributed by atoms with Gasteiger partial charge in [0, 0.05) is 0 Å². The Bertz CT molecular complexity index is 593. The van der Waals surface area contributed by atoms with Crippen molar-refractivity contribution in [1.29, 1.82) is 0 Å². The Labute approximate surface area is 131 Å². The molecule has 1 N–H and O–H groups in total. The van der Waals surface area contributed by atoms with Gasteiger partial charge in [-0.1, -0.05) is 72.8 Å². The van der Waals surface area contributed by atoms with Gasteiger partial charge in [-0.2, -0.15) is 0 Å². The summed E-state index contributed by atoms with van der Waals surface area (Å²) in [5, 5.41) is 3.23. The number of carbonyl (C=O) groups excluding carboxylic acids is 1. The molecule has 1 atom stereocenters. The Kier molecular flexibility index (Phi) is 6.39. The van der Waals surface area contributed by atoms with Crippen molar-refractivity contribution in [1.82, 2.24) is 5.32 Å². The van der Waals surface area contributed by atoms with Crippen LogP contribution in [0.1, 0.15) is 24.1 Å². The van der Waals surface area contributed by atoms with E-state index in [-0.39, 0.29) is 18.6 Å². The van der Waals surface area contributed by atoms with E-state index in [0.29, 0.717) is 6.61 Å². The standard InChI is InChI=1S/C19H21NO2/c1-2-22-19(21)15-20-18(17-11-7-4-8-12-17)14-13-16-9-5-3-6-10-16/h3-14,18,20H,2,15H2,1H3/b14-13+/t18-/m0/s1. The molecular weight excluding hydrogens is 274 g/mol. The Hall–Kier alpha value is -2.39. The number of hydrogen-bond acceptors (Lipinski definition) is 3. The second-order valence-corrected chi connectivity index (χ2v) is 4.84. The molecule has 2 rings (SSSR count). The van der Waals surface area contributed by atoms with E-state index in [1.54, 1.807) is 0 Å². The lowest BCUT2D eigenvalue weighted by molar-refractivity contribution is -0.142. The van der Waals surface area contributed by atoms with Crippen LogP contribution >= 0.6 is 0 Å². The lowest BCUT2D eigenvalue weighted by Gasteiger charge is -2.15. The molecule has 3 nitrogen and oxygen atoms in total. The van der Waals surface area contributed by atoms with Gasteiger partial charge in [0.1, 0.15) is 0 Å². The Morgan fingerprint density at radius 3 is 2.36 bits per heavy atom. The number of nitrogens with one attached hydrogen (secondary N) is 1. The highest BCUT2D eigenvalue weighted by Crippen LogP contribution is 2.15. The van der Waals surface area contributed by atoms with Gasteiger partial charge in [-0.3, -0.25) is 10.1 Å². The topological polar surface area (TPSA) is 38.3 Å². The van der Waals surface area contributed by atoms with Crippen LogP contribution in [-0.4, -0.2) is 19.1 Å². The molecule has 0 bridgehead atoms. The zero-order chi connectivity index (χ0) is 15.6. The molecule has 0 aliphatic rings. The molecule has 2 aromatic carbocycles. The third kappa shape index (κ3) is 5.19. The number of hydrogen-bond donors (Lipinski definition) is 1. The van der Waals surface area contributed by atoms with Crippen molar-refractivity contribution in [3.8, 4) is 0 Å². The van der Waals surface area contributed by atoms with E-state index in [1.165, 1.54) is 0 Å². The van der Waals surface area contributed by atoms with E-state index < -0.39 is 0 Å². The SMILES string of the molecule is CCOC(=O)CN[C@@H](/C=C/c1ccccc1)c1ccccc1. The third-order valence-corrected chi connectivity index (χ3v) is 3.21. The van der Waals surface area contributed by atoms with Gasteiger partial charge in [-0.25, -0.2) is 0 Å². The minimum Gasteiger partial charge on any atom is -0.465 e. The Morgan fingerprint density at radius 1 is 1.09 bits per heavy atom. The Balaban J connectivity index is 2.08. The molecule has 114 valence electrons. The number of esters is 1. The van der Waals surface area contributed by atoms with E-state index in [4.69, 9.17) is 4.74 Å². The molecule has 0 aliphatic heterocycles. The Morgan fingerprint density at radius 2 is 1.73 bits per heavy atom. The summed E-state index contributed by atoms with van der Waals surface area (Å²) in [6.07, 6.45) is 4.11. The maximum absolute atomic E-state index is 11.5. The third-order valence-electron chi connectivity index (χ3n) is 3.21. The number of rotatable bonds is 7. The second-order valence-electron chi connectivity index (χ2n) is 4.84. The van der Waals surface area contributed by atoms with Crippen molar-refractivity contribution in [2.24, 2.45) is 0 Å². The highest BCUT2D eigenvalue weighted by atomic mass is 16.5. The summed E-state index contributed by atoms with van der Waals surface area (Å²) in [5.74, 6) is -0.239. The molecule has 0 unspecified atom stereocenters. The molecule has 3 heteroatoms. The van der Waals surface area contributed by atoms with Gasteiger partial charge in [0.05, 0.1) is 19.2 Å².